The Hall–Kier alpha value is -3.12. The van der Waals surface area contributed by atoms with Crippen molar-refractivity contribution in [3.05, 3.63) is 65.4 Å². The van der Waals surface area contributed by atoms with Gasteiger partial charge in [-0.25, -0.2) is 0 Å². The fourth-order valence-corrected chi connectivity index (χ4v) is 3.80. The van der Waals surface area contributed by atoms with E-state index in [1.807, 2.05) is 69.3 Å². The fourth-order valence-electron chi connectivity index (χ4n) is 3.80. The van der Waals surface area contributed by atoms with E-state index in [0.29, 0.717) is 43.0 Å². The fraction of sp³-hybridized carbons (Fsp3) is 0.429. The van der Waals surface area contributed by atoms with E-state index in [4.69, 9.17) is 9.47 Å². The van der Waals surface area contributed by atoms with Gasteiger partial charge in [0.25, 0.3) is 11.8 Å². The third-order valence-corrected chi connectivity index (χ3v) is 5.58. The molecule has 0 unspecified atom stereocenters. The second kappa shape index (κ2) is 10.9. The lowest BCUT2D eigenvalue weighted by Gasteiger charge is -2.19. The number of carbonyl (C=O) groups excluding carboxylic acids is 2. The summed E-state index contributed by atoms with van der Waals surface area (Å²) in [6.45, 7) is 13.7. The van der Waals surface area contributed by atoms with Crippen LogP contribution in [0, 0.1) is 0 Å². The summed E-state index contributed by atoms with van der Waals surface area (Å²) in [5.41, 5.74) is 3.33. The molecule has 0 aromatic heterocycles. The van der Waals surface area contributed by atoms with Crippen molar-refractivity contribution < 1.29 is 19.1 Å². The average molecular weight is 465 g/mol. The molecule has 0 aliphatic carbocycles. The van der Waals surface area contributed by atoms with Crippen molar-refractivity contribution in [1.82, 2.24) is 4.90 Å². The molecule has 3 rings (SSSR count). The number of benzene rings is 2. The van der Waals surface area contributed by atoms with Crippen LogP contribution in [0.25, 0.3) is 5.57 Å². The number of anilines is 1. The van der Waals surface area contributed by atoms with Gasteiger partial charge in [0.1, 0.15) is 11.4 Å². The molecule has 0 spiro atoms. The molecule has 1 N–H and O–H groups in total. The Bertz CT molecular complexity index is 1030. The monoisotopic (exact) mass is 464 g/mol. The first-order valence-electron chi connectivity index (χ1n) is 11.9. The first-order chi connectivity index (χ1) is 16.1. The molecule has 6 nitrogen and oxygen atoms in total. The van der Waals surface area contributed by atoms with Gasteiger partial charge in [0, 0.05) is 25.4 Å². The zero-order valence-corrected chi connectivity index (χ0v) is 21.1. The van der Waals surface area contributed by atoms with Crippen LogP contribution in [0.15, 0.2) is 54.2 Å². The third-order valence-electron chi connectivity index (χ3n) is 5.58. The maximum absolute atomic E-state index is 13.4. The van der Waals surface area contributed by atoms with Crippen molar-refractivity contribution >= 4 is 23.1 Å². The van der Waals surface area contributed by atoms with Crippen LogP contribution in [0.4, 0.5) is 5.69 Å². The molecule has 2 amide bonds. The van der Waals surface area contributed by atoms with Gasteiger partial charge in [0.2, 0.25) is 0 Å². The molecule has 2 aromatic carbocycles. The van der Waals surface area contributed by atoms with E-state index in [0.717, 1.165) is 11.4 Å². The van der Waals surface area contributed by atoms with Gasteiger partial charge < -0.3 is 14.8 Å². The summed E-state index contributed by atoms with van der Waals surface area (Å²) in [4.78, 5) is 28.0. The molecule has 0 saturated heterocycles. The Balaban J connectivity index is 1.92. The lowest BCUT2D eigenvalue weighted by molar-refractivity contribution is -0.137. The minimum atomic E-state index is -0.320. The summed E-state index contributed by atoms with van der Waals surface area (Å²) in [5.74, 6) is 0.101. The quantitative estimate of drug-likeness (QED) is 0.377. The zero-order chi connectivity index (χ0) is 24.9. The predicted molar refractivity (Wildman–Crippen MR) is 136 cm³/mol. The second-order valence-electron chi connectivity index (χ2n) is 9.71. The largest absolute Gasteiger partial charge is 0.491 e. The standard InChI is InChI=1S/C28H36N2O4/c1-7-33-18-8-17-30-26(31)24(20-9-15-23(16-10-20)34-19(2)3)25(27(30)32)29-22-13-11-21(12-14-22)28(4,5)6/h9-16,19,29H,7-8,17-18H2,1-6H3. The average Bonchev–Trinajstić information content (AvgIpc) is 3.00. The van der Waals surface area contributed by atoms with Crippen molar-refractivity contribution in [2.45, 2.75) is 59.5 Å². The van der Waals surface area contributed by atoms with Gasteiger partial charge in [-0.15, -0.1) is 0 Å². The number of imide groups is 1. The molecule has 0 bridgehead atoms. The van der Waals surface area contributed by atoms with Crippen LogP contribution in [0.3, 0.4) is 0 Å². The van der Waals surface area contributed by atoms with Gasteiger partial charge in [0.15, 0.2) is 0 Å². The van der Waals surface area contributed by atoms with E-state index in [1.165, 1.54) is 10.5 Å². The molecule has 0 fully saturated rings. The summed E-state index contributed by atoms with van der Waals surface area (Å²) in [7, 11) is 0. The van der Waals surface area contributed by atoms with Crippen molar-refractivity contribution in [1.29, 1.82) is 0 Å². The van der Waals surface area contributed by atoms with Crippen LogP contribution in [0.5, 0.6) is 5.75 Å². The normalized spacial score (nSPS) is 14.4. The molecule has 2 aromatic rings. The zero-order valence-electron chi connectivity index (χ0n) is 21.1. The number of hydrogen-bond donors (Lipinski definition) is 1. The highest BCUT2D eigenvalue weighted by Gasteiger charge is 2.38. The van der Waals surface area contributed by atoms with Gasteiger partial charge in [-0.05, 0) is 68.0 Å². The Morgan fingerprint density at radius 2 is 1.59 bits per heavy atom. The number of hydrogen-bond acceptors (Lipinski definition) is 5. The Morgan fingerprint density at radius 3 is 2.15 bits per heavy atom. The van der Waals surface area contributed by atoms with Gasteiger partial charge in [-0.1, -0.05) is 45.0 Å². The van der Waals surface area contributed by atoms with Gasteiger partial charge in [0.05, 0.1) is 11.7 Å². The number of nitrogens with zero attached hydrogens (tertiary/aromatic N) is 1. The summed E-state index contributed by atoms with van der Waals surface area (Å²) in [6, 6.07) is 15.3. The van der Waals surface area contributed by atoms with Gasteiger partial charge >= 0.3 is 0 Å². The van der Waals surface area contributed by atoms with Crippen molar-refractivity contribution in [2.24, 2.45) is 0 Å². The Labute approximate surface area is 202 Å². The molecule has 34 heavy (non-hydrogen) atoms. The van der Waals surface area contributed by atoms with E-state index in [9.17, 15) is 9.59 Å². The van der Waals surface area contributed by atoms with Crippen LogP contribution in [-0.4, -0.2) is 42.6 Å². The Kier molecular flexibility index (Phi) is 8.15. The molecule has 1 aliphatic rings. The van der Waals surface area contributed by atoms with E-state index in [1.54, 1.807) is 0 Å². The van der Waals surface area contributed by atoms with Crippen LogP contribution in [0.1, 0.15) is 59.1 Å². The minimum absolute atomic E-state index is 0.0270. The van der Waals surface area contributed by atoms with Gasteiger partial charge in [-0.2, -0.15) is 0 Å². The van der Waals surface area contributed by atoms with Gasteiger partial charge in [-0.3, -0.25) is 14.5 Å². The number of amides is 2. The highest BCUT2D eigenvalue weighted by Crippen LogP contribution is 2.32. The van der Waals surface area contributed by atoms with E-state index in [2.05, 4.69) is 26.1 Å². The SMILES string of the molecule is CCOCCCN1C(=O)C(Nc2ccc(C(C)(C)C)cc2)=C(c2ccc(OC(C)C)cc2)C1=O. The lowest BCUT2D eigenvalue weighted by atomic mass is 9.87. The third kappa shape index (κ3) is 6.06. The molecule has 6 heteroatoms. The number of nitrogens with one attached hydrogen (secondary N) is 1. The van der Waals surface area contributed by atoms with Crippen LogP contribution in [-0.2, 0) is 19.7 Å². The second-order valence-corrected chi connectivity index (χ2v) is 9.71. The maximum atomic E-state index is 13.4. The predicted octanol–water partition coefficient (Wildman–Crippen LogP) is 5.39. The van der Waals surface area contributed by atoms with Crippen molar-refractivity contribution in [3.63, 3.8) is 0 Å². The molecule has 1 aliphatic heterocycles. The molecule has 182 valence electrons. The summed E-state index contributed by atoms with van der Waals surface area (Å²) in [6.07, 6.45) is 0.640. The van der Waals surface area contributed by atoms with Crippen LogP contribution < -0.4 is 10.1 Å². The smallest absolute Gasteiger partial charge is 0.278 e. The van der Waals surface area contributed by atoms with E-state index in [-0.39, 0.29) is 23.3 Å². The number of carbonyl (C=O) groups is 2. The van der Waals surface area contributed by atoms with Crippen molar-refractivity contribution in [3.8, 4) is 5.75 Å². The van der Waals surface area contributed by atoms with Crippen LogP contribution in [0.2, 0.25) is 0 Å². The summed E-state index contributed by atoms with van der Waals surface area (Å²) in [5, 5.41) is 3.23. The minimum Gasteiger partial charge on any atom is -0.491 e. The van der Waals surface area contributed by atoms with E-state index < -0.39 is 0 Å². The maximum Gasteiger partial charge on any atom is 0.278 e. The van der Waals surface area contributed by atoms with E-state index >= 15 is 0 Å². The first-order valence-corrected chi connectivity index (χ1v) is 11.9. The highest BCUT2D eigenvalue weighted by atomic mass is 16.5. The Morgan fingerprint density at radius 1 is 0.941 bits per heavy atom. The molecule has 1 heterocycles. The first kappa shape index (κ1) is 25.5. The lowest BCUT2D eigenvalue weighted by Crippen LogP contribution is -2.34. The summed E-state index contributed by atoms with van der Waals surface area (Å²) >= 11 is 0. The molecule has 0 saturated carbocycles. The summed E-state index contributed by atoms with van der Waals surface area (Å²) < 4.78 is 11.1. The molecular weight excluding hydrogens is 428 g/mol. The topological polar surface area (TPSA) is 67.9 Å². The number of ether oxygens (including phenoxy) is 2. The molecular formula is C28H36N2O4. The number of rotatable bonds is 10. The highest BCUT2D eigenvalue weighted by molar-refractivity contribution is 6.36. The van der Waals surface area contributed by atoms with Crippen LogP contribution >= 0.6 is 0 Å². The molecule has 0 atom stereocenters. The van der Waals surface area contributed by atoms with Crippen molar-refractivity contribution in [2.75, 3.05) is 25.1 Å². The molecule has 0 radical (unpaired) electrons.